The van der Waals surface area contributed by atoms with Gasteiger partial charge in [-0.3, -0.25) is 0 Å². The van der Waals surface area contributed by atoms with Gasteiger partial charge in [-0.25, -0.2) is 0 Å². The first-order valence-electron chi connectivity index (χ1n) is 17.8. The standard InChI is InChI=1S/C50H33NO/c1-2-13-34(14-3-1)35-25-27-38(28-26-35)41-19-8-10-22-46(41)51(48-24-12-17-36-15-4-6-18-40(36)48)47-23-11-9-20-42(47)39-30-32-49-45(33-39)44-31-29-37-16-5-7-21-43(37)50(44)52-49/h1-33H. The molecule has 0 aliphatic carbocycles. The molecule has 2 heteroatoms. The van der Waals surface area contributed by atoms with E-state index >= 15 is 0 Å². The van der Waals surface area contributed by atoms with Crippen molar-refractivity contribution < 1.29 is 4.42 Å². The van der Waals surface area contributed by atoms with Gasteiger partial charge < -0.3 is 9.32 Å². The van der Waals surface area contributed by atoms with E-state index in [2.05, 4.69) is 205 Å². The van der Waals surface area contributed by atoms with Gasteiger partial charge in [0.1, 0.15) is 11.2 Å². The third-order valence-electron chi connectivity index (χ3n) is 10.3. The van der Waals surface area contributed by atoms with E-state index < -0.39 is 0 Å². The summed E-state index contributed by atoms with van der Waals surface area (Å²) in [6, 6.07) is 71.8. The van der Waals surface area contributed by atoms with Crippen LogP contribution in [0, 0.1) is 0 Å². The third-order valence-corrected chi connectivity index (χ3v) is 10.3. The topological polar surface area (TPSA) is 16.4 Å². The highest BCUT2D eigenvalue weighted by molar-refractivity contribution is 6.16. The van der Waals surface area contributed by atoms with E-state index in [1.54, 1.807) is 0 Å². The van der Waals surface area contributed by atoms with Crippen LogP contribution in [0.4, 0.5) is 17.1 Å². The van der Waals surface area contributed by atoms with Crippen LogP contribution in [0.1, 0.15) is 0 Å². The number of hydrogen-bond donors (Lipinski definition) is 0. The fraction of sp³-hybridized carbons (Fsp3) is 0. The maximum Gasteiger partial charge on any atom is 0.143 e. The van der Waals surface area contributed by atoms with Crippen molar-refractivity contribution in [2.24, 2.45) is 0 Å². The quantitative estimate of drug-likeness (QED) is 0.176. The van der Waals surface area contributed by atoms with Crippen LogP contribution in [0.25, 0.3) is 76.9 Å². The third kappa shape index (κ3) is 5.04. The van der Waals surface area contributed by atoms with Crippen molar-refractivity contribution in [1.82, 2.24) is 0 Å². The lowest BCUT2D eigenvalue weighted by molar-refractivity contribution is 0.672. The Balaban J connectivity index is 1.18. The van der Waals surface area contributed by atoms with Crippen LogP contribution in [0.2, 0.25) is 0 Å². The van der Waals surface area contributed by atoms with E-state index in [9.17, 15) is 0 Å². The molecule has 0 spiro atoms. The van der Waals surface area contributed by atoms with Crippen LogP contribution < -0.4 is 4.90 Å². The molecule has 0 aliphatic rings. The summed E-state index contributed by atoms with van der Waals surface area (Å²) in [7, 11) is 0. The van der Waals surface area contributed by atoms with E-state index in [4.69, 9.17) is 4.42 Å². The van der Waals surface area contributed by atoms with Crippen molar-refractivity contribution in [3.05, 3.63) is 200 Å². The van der Waals surface area contributed by atoms with E-state index in [1.165, 1.54) is 27.3 Å². The van der Waals surface area contributed by atoms with Crippen LogP contribution in [0.3, 0.4) is 0 Å². The predicted molar refractivity (Wildman–Crippen MR) is 220 cm³/mol. The second-order valence-electron chi connectivity index (χ2n) is 13.3. The fourth-order valence-corrected chi connectivity index (χ4v) is 7.76. The Kier molecular flexibility index (Phi) is 7.18. The van der Waals surface area contributed by atoms with E-state index in [1.807, 2.05) is 0 Å². The van der Waals surface area contributed by atoms with Gasteiger partial charge >= 0.3 is 0 Å². The average molecular weight is 664 g/mol. The highest BCUT2D eigenvalue weighted by Gasteiger charge is 2.22. The fourth-order valence-electron chi connectivity index (χ4n) is 7.76. The SMILES string of the molecule is c1ccc(-c2ccc(-c3ccccc3N(c3ccccc3-c3ccc4oc5c6ccccc6ccc5c4c3)c3cccc4ccccc34)cc2)cc1. The molecule has 52 heavy (non-hydrogen) atoms. The van der Waals surface area contributed by atoms with Gasteiger partial charge in [-0.1, -0.05) is 164 Å². The largest absolute Gasteiger partial charge is 0.455 e. The van der Waals surface area contributed by atoms with Gasteiger partial charge in [0.15, 0.2) is 0 Å². The lowest BCUT2D eigenvalue weighted by Crippen LogP contribution is -2.13. The van der Waals surface area contributed by atoms with Crippen LogP contribution in [0.15, 0.2) is 205 Å². The van der Waals surface area contributed by atoms with Crippen molar-refractivity contribution >= 4 is 60.5 Å². The van der Waals surface area contributed by atoms with Crippen molar-refractivity contribution in [2.75, 3.05) is 4.90 Å². The van der Waals surface area contributed by atoms with Gasteiger partial charge in [-0.05, 0) is 69.4 Å². The van der Waals surface area contributed by atoms with Crippen LogP contribution in [0.5, 0.6) is 0 Å². The summed E-state index contributed by atoms with van der Waals surface area (Å²) in [6.07, 6.45) is 0. The summed E-state index contributed by atoms with van der Waals surface area (Å²) in [5.74, 6) is 0. The summed E-state index contributed by atoms with van der Waals surface area (Å²) < 4.78 is 6.51. The molecule has 0 aliphatic heterocycles. The number of para-hydroxylation sites is 2. The molecule has 0 radical (unpaired) electrons. The summed E-state index contributed by atoms with van der Waals surface area (Å²) in [4.78, 5) is 2.45. The normalized spacial score (nSPS) is 11.5. The lowest BCUT2D eigenvalue weighted by atomic mass is 9.96. The number of furan rings is 1. The molecule has 0 saturated carbocycles. The monoisotopic (exact) mass is 663 g/mol. The Labute approximate surface area is 302 Å². The Morgan fingerprint density at radius 1 is 0.308 bits per heavy atom. The minimum absolute atomic E-state index is 0.891. The Morgan fingerprint density at radius 3 is 1.62 bits per heavy atom. The van der Waals surface area contributed by atoms with E-state index in [-0.39, 0.29) is 0 Å². The number of nitrogens with zero attached hydrogens (tertiary/aromatic N) is 1. The van der Waals surface area contributed by atoms with Crippen molar-refractivity contribution in [3.63, 3.8) is 0 Å². The van der Waals surface area contributed by atoms with Crippen molar-refractivity contribution in [2.45, 2.75) is 0 Å². The van der Waals surface area contributed by atoms with Crippen molar-refractivity contribution in [3.8, 4) is 33.4 Å². The molecule has 2 nitrogen and oxygen atoms in total. The zero-order valence-corrected chi connectivity index (χ0v) is 28.4. The smallest absolute Gasteiger partial charge is 0.143 e. The first-order valence-corrected chi connectivity index (χ1v) is 17.8. The Morgan fingerprint density at radius 2 is 0.846 bits per heavy atom. The van der Waals surface area contributed by atoms with Gasteiger partial charge in [-0.15, -0.1) is 0 Å². The molecule has 0 N–H and O–H groups in total. The molecule has 0 fully saturated rings. The molecule has 0 saturated heterocycles. The van der Waals surface area contributed by atoms with Crippen LogP contribution in [-0.4, -0.2) is 0 Å². The first kappa shape index (κ1) is 30.0. The number of rotatable bonds is 6. The van der Waals surface area contributed by atoms with Crippen molar-refractivity contribution in [1.29, 1.82) is 0 Å². The number of fused-ring (bicyclic) bond motifs is 6. The van der Waals surface area contributed by atoms with Gasteiger partial charge in [0.05, 0.1) is 17.1 Å². The number of anilines is 3. The molecular weight excluding hydrogens is 631 g/mol. The van der Waals surface area contributed by atoms with Gasteiger partial charge in [0.2, 0.25) is 0 Å². The maximum absolute atomic E-state index is 6.51. The molecule has 1 heterocycles. The molecule has 9 aromatic carbocycles. The molecule has 10 aromatic rings. The number of benzene rings is 9. The van der Waals surface area contributed by atoms with Gasteiger partial charge in [0, 0.05) is 32.7 Å². The predicted octanol–water partition coefficient (Wildman–Crippen LogP) is 14.4. The second kappa shape index (κ2) is 12.5. The summed E-state index contributed by atoms with van der Waals surface area (Å²) in [5.41, 5.74) is 12.2. The average Bonchev–Trinajstić information content (AvgIpc) is 3.60. The maximum atomic E-state index is 6.51. The molecule has 0 bridgehead atoms. The van der Waals surface area contributed by atoms with E-state index in [0.717, 1.165) is 66.6 Å². The van der Waals surface area contributed by atoms with Crippen LogP contribution >= 0.6 is 0 Å². The Bertz CT molecular complexity index is 2900. The molecular formula is C50H33NO. The van der Waals surface area contributed by atoms with E-state index in [0.29, 0.717) is 0 Å². The summed E-state index contributed by atoms with van der Waals surface area (Å²) in [6.45, 7) is 0. The number of hydrogen-bond acceptors (Lipinski definition) is 2. The molecule has 0 unspecified atom stereocenters. The summed E-state index contributed by atoms with van der Waals surface area (Å²) >= 11 is 0. The zero-order valence-electron chi connectivity index (χ0n) is 28.4. The molecule has 10 rings (SSSR count). The van der Waals surface area contributed by atoms with Gasteiger partial charge in [-0.2, -0.15) is 0 Å². The minimum atomic E-state index is 0.891. The van der Waals surface area contributed by atoms with Gasteiger partial charge in [0.25, 0.3) is 0 Å². The zero-order chi connectivity index (χ0) is 34.4. The first-order chi connectivity index (χ1) is 25.8. The molecule has 244 valence electrons. The lowest BCUT2D eigenvalue weighted by Gasteiger charge is -2.31. The molecule has 0 atom stereocenters. The minimum Gasteiger partial charge on any atom is -0.455 e. The molecule has 1 aromatic heterocycles. The summed E-state index contributed by atoms with van der Waals surface area (Å²) in [5, 5.41) is 6.95. The highest BCUT2D eigenvalue weighted by Crippen LogP contribution is 2.47. The highest BCUT2D eigenvalue weighted by atomic mass is 16.3. The second-order valence-corrected chi connectivity index (χ2v) is 13.3. The van der Waals surface area contributed by atoms with Crippen LogP contribution in [-0.2, 0) is 0 Å². The molecule has 0 amide bonds. The Hall–Kier alpha value is -6.90.